The van der Waals surface area contributed by atoms with Gasteiger partial charge in [0.15, 0.2) is 5.65 Å². The summed E-state index contributed by atoms with van der Waals surface area (Å²) >= 11 is 0. The number of nitrogens with one attached hydrogen (secondary N) is 4. The van der Waals surface area contributed by atoms with Gasteiger partial charge in [-0.05, 0) is 58.0 Å². The number of ether oxygens (including phenoxy) is 2. The van der Waals surface area contributed by atoms with Crippen LogP contribution in [0.2, 0.25) is 0 Å². The third-order valence-corrected chi connectivity index (χ3v) is 6.73. The molecule has 14 nitrogen and oxygen atoms in total. The van der Waals surface area contributed by atoms with E-state index < -0.39 is 0 Å². The third-order valence-electron chi connectivity index (χ3n) is 6.73. The van der Waals surface area contributed by atoms with Gasteiger partial charge in [0.2, 0.25) is 0 Å². The first-order chi connectivity index (χ1) is 22.7. The molecule has 4 N–H and O–H groups in total. The number of aromatic nitrogens is 8. The van der Waals surface area contributed by atoms with Crippen molar-refractivity contribution in [3.63, 3.8) is 0 Å². The van der Waals surface area contributed by atoms with Crippen LogP contribution in [0.25, 0.3) is 27.5 Å². The number of carbonyl (C=O) groups excluding carboxylic acids is 2. The number of rotatable bonds is 8. The number of hydrogen-bond acceptors (Lipinski definition) is 9. The minimum atomic E-state index is -0.292. The van der Waals surface area contributed by atoms with E-state index >= 15 is 0 Å². The number of benzene rings is 2. The van der Waals surface area contributed by atoms with E-state index in [1.807, 2.05) is 33.8 Å². The predicted molar refractivity (Wildman–Crippen MR) is 177 cm³/mol. The van der Waals surface area contributed by atoms with E-state index in [2.05, 4.69) is 46.1 Å². The molecule has 2 amide bonds. The van der Waals surface area contributed by atoms with Gasteiger partial charge >= 0.3 is 0 Å². The quantitative estimate of drug-likeness (QED) is 0.165. The number of anilines is 2. The number of carbonyl (C=O) groups is 2. The first kappa shape index (κ1) is 30.7. The standard InChI is InChI=1S/C17H16N6O2.C16H16N4O2/c1-10(2)25-15-7-13-11(8-19-22-13)6-12(15)17(24)21-14-9-20-23-5-3-4-18-16(14)23;1-10(2)22-14-8-13-11(9-18-20-13)7-12(14)16(21)19-15-5-3-4-6-17-15/h3-10H,1-2H3,(H,19,22)(H,21,24);3-10H,1-2H3,(H,18,20)(H,17,19,21). The number of fused-ring (bicyclic) bond motifs is 3. The number of H-pyrrole nitrogens is 2. The Kier molecular flexibility index (Phi) is 8.73. The van der Waals surface area contributed by atoms with E-state index in [-0.39, 0.29) is 24.0 Å². The van der Waals surface area contributed by atoms with E-state index in [9.17, 15) is 9.59 Å². The summed E-state index contributed by atoms with van der Waals surface area (Å²) in [5.74, 6) is 0.945. The van der Waals surface area contributed by atoms with E-state index in [1.165, 1.54) is 0 Å². The van der Waals surface area contributed by atoms with Crippen molar-refractivity contribution in [3.8, 4) is 11.5 Å². The highest BCUT2D eigenvalue weighted by Gasteiger charge is 2.19. The number of nitrogens with zero attached hydrogens (tertiary/aromatic N) is 6. The van der Waals surface area contributed by atoms with E-state index in [0.717, 1.165) is 21.8 Å². The average Bonchev–Trinajstić information content (AvgIpc) is 3.80. The van der Waals surface area contributed by atoms with Crippen molar-refractivity contribution in [2.45, 2.75) is 39.9 Å². The molecule has 14 heteroatoms. The van der Waals surface area contributed by atoms with Crippen LogP contribution in [0.3, 0.4) is 0 Å². The zero-order chi connectivity index (χ0) is 32.9. The summed E-state index contributed by atoms with van der Waals surface area (Å²) in [5.41, 5.74) is 3.63. The molecule has 47 heavy (non-hydrogen) atoms. The molecule has 0 saturated heterocycles. The lowest BCUT2D eigenvalue weighted by molar-refractivity contribution is 0.101. The second kappa shape index (κ2) is 13.4. The second-order valence-corrected chi connectivity index (χ2v) is 11.0. The zero-order valence-electron chi connectivity index (χ0n) is 26.1. The number of hydrogen-bond donors (Lipinski definition) is 4. The third kappa shape index (κ3) is 7.01. The van der Waals surface area contributed by atoms with Crippen LogP contribution in [-0.4, -0.2) is 64.0 Å². The molecule has 0 aliphatic heterocycles. The fraction of sp³-hybridized carbons (Fsp3) is 0.182. The van der Waals surface area contributed by atoms with E-state index in [4.69, 9.17) is 9.47 Å². The van der Waals surface area contributed by atoms with Gasteiger partial charge in [-0.25, -0.2) is 14.5 Å². The van der Waals surface area contributed by atoms with Gasteiger partial charge in [-0.15, -0.1) is 0 Å². The molecule has 5 aromatic heterocycles. The highest BCUT2D eigenvalue weighted by Crippen LogP contribution is 2.28. The number of aromatic amines is 2. The summed E-state index contributed by atoms with van der Waals surface area (Å²) < 4.78 is 13.2. The highest BCUT2D eigenvalue weighted by atomic mass is 16.5. The zero-order valence-corrected chi connectivity index (χ0v) is 26.1. The first-order valence-corrected chi connectivity index (χ1v) is 14.8. The predicted octanol–water partition coefficient (Wildman–Crippen LogP) is 5.64. The van der Waals surface area contributed by atoms with Crippen molar-refractivity contribution in [2.75, 3.05) is 10.6 Å². The molecule has 238 valence electrons. The molecule has 0 bridgehead atoms. The fourth-order valence-electron chi connectivity index (χ4n) is 4.73. The molecule has 0 aliphatic rings. The van der Waals surface area contributed by atoms with Crippen LogP contribution in [-0.2, 0) is 0 Å². The Morgan fingerprint density at radius 2 is 1.34 bits per heavy atom. The second-order valence-electron chi connectivity index (χ2n) is 11.0. The number of amides is 2. The summed E-state index contributed by atoms with van der Waals surface area (Å²) in [5, 5.41) is 25.2. The van der Waals surface area contributed by atoms with Crippen molar-refractivity contribution in [2.24, 2.45) is 0 Å². The molecule has 0 atom stereocenters. The normalized spacial score (nSPS) is 11.1. The largest absolute Gasteiger partial charge is 0.490 e. The number of pyridine rings is 1. The first-order valence-electron chi connectivity index (χ1n) is 14.8. The van der Waals surface area contributed by atoms with Crippen LogP contribution < -0.4 is 20.1 Å². The Balaban J connectivity index is 0.000000166. The van der Waals surface area contributed by atoms with Crippen LogP contribution in [0, 0.1) is 0 Å². The van der Waals surface area contributed by atoms with Gasteiger partial charge in [-0.2, -0.15) is 15.3 Å². The Hall–Kier alpha value is -6.31. The fourth-order valence-corrected chi connectivity index (χ4v) is 4.73. The van der Waals surface area contributed by atoms with Crippen LogP contribution in [0.1, 0.15) is 48.4 Å². The van der Waals surface area contributed by atoms with Gasteiger partial charge in [0.25, 0.3) is 11.8 Å². The monoisotopic (exact) mass is 632 g/mol. The summed E-state index contributed by atoms with van der Waals surface area (Å²) in [6, 6.07) is 14.2. The lowest BCUT2D eigenvalue weighted by atomic mass is 10.1. The molecule has 0 aliphatic carbocycles. The topological polar surface area (TPSA) is 177 Å². The molecule has 0 radical (unpaired) electrons. The smallest absolute Gasteiger partial charge is 0.260 e. The molecular weight excluding hydrogens is 600 g/mol. The average molecular weight is 633 g/mol. The van der Waals surface area contributed by atoms with Crippen molar-refractivity contribution < 1.29 is 19.1 Å². The molecule has 7 aromatic rings. The van der Waals surface area contributed by atoms with Crippen molar-refractivity contribution in [3.05, 3.63) is 96.8 Å². The summed E-state index contributed by atoms with van der Waals surface area (Å²) in [4.78, 5) is 33.7. The molecule has 0 saturated carbocycles. The SMILES string of the molecule is CC(C)Oc1cc2[nH]ncc2cc1C(=O)Nc1ccccn1.CC(C)Oc1cc2[nH]ncc2cc1C(=O)Nc1cnn2cccnc12. The lowest BCUT2D eigenvalue weighted by Crippen LogP contribution is -2.16. The lowest BCUT2D eigenvalue weighted by Gasteiger charge is -2.14. The maximum Gasteiger partial charge on any atom is 0.260 e. The van der Waals surface area contributed by atoms with Crippen molar-refractivity contribution in [1.82, 2.24) is 40.0 Å². The van der Waals surface area contributed by atoms with Crippen LogP contribution in [0.15, 0.2) is 85.7 Å². The Bertz CT molecular complexity index is 2170. The highest BCUT2D eigenvalue weighted by molar-refractivity contribution is 6.10. The van der Waals surface area contributed by atoms with Gasteiger partial charge in [0.1, 0.15) is 23.0 Å². The Morgan fingerprint density at radius 3 is 1.91 bits per heavy atom. The van der Waals surface area contributed by atoms with Crippen molar-refractivity contribution >= 4 is 50.8 Å². The molecule has 7 rings (SSSR count). The van der Waals surface area contributed by atoms with Gasteiger partial charge < -0.3 is 20.1 Å². The van der Waals surface area contributed by atoms with Crippen LogP contribution in [0.5, 0.6) is 11.5 Å². The molecule has 0 spiro atoms. The van der Waals surface area contributed by atoms with Gasteiger partial charge in [0.05, 0.1) is 53.0 Å². The Labute approximate surface area is 268 Å². The minimum Gasteiger partial charge on any atom is -0.490 e. The molecule has 0 fully saturated rings. The van der Waals surface area contributed by atoms with Gasteiger partial charge in [0, 0.05) is 41.5 Å². The maximum absolute atomic E-state index is 12.8. The molecule has 0 unspecified atom stereocenters. The van der Waals surface area contributed by atoms with Gasteiger partial charge in [-0.1, -0.05) is 6.07 Å². The van der Waals surface area contributed by atoms with E-state index in [0.29, 0.717) is 39.8 Å². The summed E-state index contributed by atoms with van der Waals surface area (Å²) in [6.45, 7) is 7.65. The minimum absolute atomic E-state index is 0.0400. The van der Waals surface area contributed by atoms with Crippen LogP contribution in [0.4, 0.5) is 11.5 Å². The molecule has 5 heterocycles. The summed E-state index contributed by atoms with van der Waals surface area (Å²) in [6.07, 6.45) is 9.85. The van der Waals surface area contributed by atoms with Gasteiger partial charge in [-0.3, -0.25) is 19.8 Å². The van der Waals surface area contributed by atoms with Crippen LogP contribution >= 0.6 is 0 Å². The Morgan fingerprint density at radius 1 is 0.745 bits per heavy atom. The van der Waals surface area contributed by atoms with Crippen molar-refractivity contribution in [1.29, 1.82) is 0 Å². The van der Waals surface area contributed by atoms with E-state index in [1.54, 1.807) is 84.2 Å². The molecular formula is C33H32N10O4. The summed E-state index contributed by atoms with van der Waals surface area (Å²) in [7, 11) is 0. The molecule has 2 aromatic carbocycles. The maximum atomic E-state index is 12.8.